The standard InChI is InChI=1S/C10H21N3O5S/c1-4-12-19(17,18)6-5-11-10(16)13(3)7-8(2)9(14)15/h8,12H,4-7H2,1-3H3,(H,11,16)(H,14,15). The van der Waals surface area contributed by atoms with E-state index in [2.05, 4.69) is 10.0 Å². The number of sulfonamides is 1. The van der Waals surface area contributed by atoms with Crippen LogP contribution >= 0.6 is 0 Å². The second kappa shape index (κ2) is 7.95. The van der Waals surface area contributed by atoms with Gasteiger partial charge in [0, 0.05) is 26.7 Å². The summed E-state index contributed by atoms with van der Waals surface area (Å²) in [5, 5.41) is 11.1. The van der Waals surface area contributed by atoms with Crippen LogP contribution in [0.15, 0.2) is 0 Å². The van der Waals surface area contributed by atoms with Crippen molar-refractivity contribution in [3.8, 4) is 0 Å². The number of urea groups is 1. The summed E-state index contributed by atoms with van der Waals surface area (Å²) in [6, 6.07) is -0.500. The Morgan fingerprint density at radius 3 is 2.42 bits per heavy atom. The fourth-order valence-electron chi connectivity index (χ4n) is 1.29. The second-order valence-corrected chi connectivity index (χ2v) is 6.09. The molecule has 0 fully saturated rings. The summed E-state index contributed by atoms with van der Waals surface area (Å²) in [7, 11) is -1.91. The zero-order valence-corrected chi connectivity index (χ0v) is 12.2. The molecule has 0 aliphatic rings. The number of nitrogens with one attached hydrogen (secondary N) is 2. The van der Waals surface area contributed by atoms with Crippen molar-refractivity contribution in [2.45, 2.75) is 13.8 Å². The molecule has 9 heteroatoms. The SMILES string of the molecule is CCNS(=O)(=O)CCNC(=O)N(C)CC(C)C(=O)O. The molecule has 0 aromatic carbocycles. The first-order valence-corrected chi connectivity index (χ1v) is 7.54. The lowest BCUT2D eigenvalue weighted by Gasteiger charge is -2.19. The van der Waals surface area contributed by atoms with Crippen LogP contribution in [-0.4, -0.2) is 62.9 Å². The molecule has 0 radical (unpaired) electrons. The van der Waals surface area contributed by atoms with Crippen LogP contribution in [0.25, 0.3) is 0 Å². The highest BCUT2D eigenvalue weighted by Gasteiger charge is 2.17. The molecule has 1 unspecified atom stereocenters. The molecule has 1 atom stereocenters. The van der Waals surface area contributed by atoms with E-state index in [4.69, 9.17) is 5.11 Å². The number of carboxylic acids is 1. The summed E-state index contributed by atoms with van der Waals surface area (Å²) in [4.78, 5) is 23.4. The Hall–Kier alpha value is -1.35. The molecule has 0 aliphatic carbocycles. The van der Waals surface area contributed by atoms with Crippen LogP contribution in [0.5, 0.6) is 0 Å². The van der Waals surface area contributed by atoms with Crippen molar-refractivity contribution in [1.82, 2.24) is 14.9 Å². The van der Waals surface area contributed by atoms with E-state index in [9.17, 15) is 18.0 Å². The molecule has 0 rings (SSSR count). The van der Waals surface area contributed by atoms with E-state index >= 15 is 0 Å². The van der Waals surface area contributed by atoms with Gasteiger partial charge in [-0.15, -0.1) is 0 Å². The van der Waals surface area contributed by atoms with Crippen LogP contribution in [0, 0.1) is 5.92 Å². The van der Waals surface area contributed by atoms with E-state index in [1.54, 1.807) is 6.92 Å². The Kier molecular flexibility index (Phi) is 7.38. The average molecular weight is 295 g/mol. The van der Waals surface area contributed by atoms with Crippen LogP contribution in [0.1, 0.15) is 13.8 Å². The minimum atomic E-state index is -3.37. The summed E-state index contributed by atoms with van der Waals surface area (Å²) >= 11 is 0. The van der Waals surface area contributed by atoms with Gasteiger partial charge in [-0.05, 0) is 0 Å². The summed E-state index contributed by atoms with van der Waals surface area (Å²) in [5.41, 5.74) is 0. The highest BCUT2D eigenvalue weighted by atomic mass is 32.2. The van der Waals surface area contributed by atoms with E-state index in [1.165, 1.54) is 18.9 Å². The lowest BCUT2D eigenvalue weighted by Crippen LogP contribution is -2.43. The monoisotopic (exact) mass is 295 g/mol. The number of aliphatic carboxylic acids is 1. The summed E-state index contributed by atoms with van der Waals surface area (Å²) in [6.45, 7) is 3.48. The van der Waals surface area contributed by atoms with Crippen molar-refractivity contribution in [3.05, 3.63) is 0 Å². The van der Waals surface area contributed by atoms with E-state index < -0.39 is 27.9 Å². The highest BCUT2D eigenvalue weighted by molar-refractivity contribution is 7.89. The molecule has 0 bridgehead atoms. The molecule has 0 spiro atoms. The van der Waals surface area contributed by atoms with Gasteiger partial charge in [0.1, 0.15) is 0 Å². The minimum absolute atomic E-state index is 0.0278. The maximum atomic E-state index is 11.6. The summed E-state index contributed by atoms with van der Waals surface area (Å²) in [5.74, 6) is -1.88. The first-order valence-electron chi connectivity index (χ1n) is 5.88. The maximum absolute atomic E-state index is 11.6. The number of carboxylic acid groups (broad SMARTS) is 1. The predicted molar refractivity (Wildman–Crippen MR) is 70.3 cm³/mol. The number of carbonyl (C=O) groups excluding carboxylic acids is 1. The molecule has 19 heavy (non-hydrogen) atoms. The first kappa shape index (κ1) is 17.6. The maximum Gasteiger partial charge on any atom is 0.317 e. The summed E-state index contributed by atoms with van der Waals surface area (Å²) in [6.07, 6.45) is 0. The van der Waals surface area contributed by atoms with Crippen LogP contribution in [-0.2, 0) is 14.8 Å². The normalized spacial score (nSPS) is 12.8. The predicted octanol–water partition coefficient (Wildman–Crippen LogP) is -0.712. The Morgan fingerprint density at radius 1 is 1.37 bits per heavy atom. The molecule has 2 amide bonds. The molecule has 3 N–H and O–H groups in total. The largest absolute Gasteiger partial charge is 0.481 e. The smallest absolute Gasteiger partial charge is 0.317 e. The Labute approximate surface area is 113 Å². The molecule has 8 nitrogen and oxygen atoms in total. The number of hydrogen-bond acceptors (Lipinski definition) is 4. The Bertz CT molecular complexity index is 409. The summed E-state index contributed by atoms with van der Waals surface area (Å²) < 4.78 is 24.9. The van der Waals surface area contributed by atoms with Gasteiger partial charge in [-0.1, -0.05) is 13.8 Å². The van der Waals surface area contributed by atoms with Crippen LogP contribution in [0.2, 0.25) is 0 Å². The van der Waals surface area contributed by atoms with Crippen molar-refractivity contribution in [2.24, 2.45) is 5.92 Å². The Balaban J connectivity index is 4.08. The third-order valence-corrected chi connectivity index (χ3v) is 3.80. The lowest BCUT2D eigenvalue weighted by molar-refractivity contribution is -0.141. The number of carbonyl (C=O) groups is 2. The van der Waals surface area contributed by atoms with Crippen LogP contribution in [0.4, 0.5) is 4.79 Å². The van der Waals surface area contributed by atoms with E-state index in [0.29, 0.717) is 6.54 Å². The molecule has 0 aliphatic heterocycles. The van der Waals surface area contributed by atoms with Gasteiger partial charge in [0.2, 0.25) is 10.0 Å². The van der Waals surface area contributed by atoms with Gasteiger partial charge in [0.25, 0.3) is 0 Å². The van der Waals surface area contributed by atoms with Gasteiger partial charge < -0.3 is 15.3 Å². The number of amides is 2. The number of hydrogen-bond donors (Lipinski definition) is 3. The fourth-order valence-corrected chi connectivity index (χ4v) is 2.25. The number of nitrogens with zero attached hydrogens (tertiary/aromatic N) is 1. The van der Waals surface area contributed by atoms with Crippen molar-refractivity contribution >= 4 is 22.0 Å². The molecular weight excluding hydrogens is 274 g/mol. The van der Waals surface area contributed by atoms with Crippen molar-refractivity contribution < 1.29 is 23.1 Å². The first-order chi connectivity index (χ1) is 8.69. The molecule has 0 aromatic rings. The molecule has 0 heterocycles. The van der Waals surface area contributed by atoms with Crippen molar-refractivity contribution in [3.63, 3.8) is 0 Å². The van der Waals surface area contributed by atoms with E-state index in [0.717, 1.165) is 0 Å². The fraction of sp³-hybridized carbons (Fsp3) is 0.800. The van der Waals surface area contributed by atoms with E-state index in [-0.39, 0.29) is 18.8 Å². The van der Waals surface area contributed by atoms with Crippen molar-refractivity contribution in [1.29, 1.82) is 0 Å². The topological polar surface area (TPSA) is 116 Å². The molecule has 0 saturated heterocycles. The van der Waals surface area contributed by atoms with E-state index in [1.807, 2.05) is 0 Å². The minimum Gasteiger partial charge on any atom is -0.481 e. The van der Waals surface area contributed by atoms with Crippen molar-refractivity contribution in [2.75, 3.05) is 32.4 Å². The van der Waals surface area contributed by atoms with Gasteiger partial charge in [-0.3, -0.25) is 4.79 Å². The third-order valence-electron chi connectivity index (χ3n) is 2.33. The van der Waals surface area contributed by atoms with Gasteiger partial charge in [0.15, 0.2) is 0 Å². The molecule has 0 saturated carbocycles. The number of rotatable bonds is 8. The average Bonchev–Trinajstić information content (AvgIpc) is 2.27. The second-order valence-electron chi connectivity index (χ2n) is 4.17. The zero-order valence-electron chi connectivity index (χ0n) is 11.3. The molecule has 112 valence electrons. The Morgan fingerprint density at radius 2 is 1.95 bits per heavy atom. The third kappa shape index (κ3) is 7.62. The van der Waals surface area contributed by atoms with Crippen LogP contribution < -0.4 is 10.0 Å². The molecule has 0 aromatic heterocycles. The lowest BCUT2D eigenvalue weighted by atomic mass is 10.2. The van der Waals surface area contributed by atoms with Crippen LogP contribution in [0.3, 0.4) is 0 Å². The van der Waals surface area contributed by atoms with Gasteiger partial charge in [0.05, 0.1) is 11.7 Å². The van der Waals surface area contributed by atoms with Gasteiger partial charge >= 0.3 is 12.0 Å². The quantitative estimate of drug-likeness (QED) is 0.547. The van der Waals surface area contributed by atoms with Gasteiger partial charge in [-0.25, -0.2) is 17.9 Å². The highest BCUT2D eigenvalue weighted by Crippen LogP contribution is 1.98. The zero-order chi connectivity index (χ0) is 15.1. The van der Waals surface area contributed by atoms with Gasteiger partial charge in [-0.2, -0.15) is 0 Å². The molecular formula is C10H21N3O5S.